The molecule has 2 aromatic rings. The molecule has 0 aliphatic heterocycles. The number of anilines is 1. The normalized spacial score (nSPS) is 10.9. The van der Waals surface area contributed by atoms with Gasteiger partial charge >= 0.3 is 0 Å². The van der Waals surface area contributed by atoms with E-state index < -0.39 is 10.0 Å². The van der Waals surface area contributed by atoms with Crippen molar-refractivity contribution in [2.75, 3.05) is 25.9 Å². The number of hydrogen-bond donors (Lipinski definition) is 1. The third kappa shape index (κ3) is 3.78. The monoisotopic (exact) mass is 335 g/mol. The predicted octanol–water partition coefficient (Wildman–Crippen LogP) is 1.59. The van der Waals surface area contributed by atoms with Gasteiger partial charge in [0, 0.05) is 25.9 Å². The number of rotatable bonds is 5. The van der Waals surface area contributed by atoms with Gasteiger partial charge in [-0.15, -0.1) is 0 Å². The van der Waals surface area contributed by atoms with Gasteiger partial charge in [-0.1, -0.05) is 6.07 Å². The van der Waals surface area contributed by atoms with E-state index in [1.54, 1.807) is 26.2 Å². The van der Waals surface area contributed by atoms with Crippen LogP contribution in [-0.4, -0.2) is 45.4 Å². The number of carbonyl (C=O) groups excluding carboxylic acids is 1. The third-order valence-corrected chi connectivity index (χ3v) is 4.39. The molecule has 0 unspecified atom stereocenters. The van der Waals surface area contributed by atoms with Crippen LogP contribution in [0.2, 0.25) is 0 Å². The number of methoxy groups -OCH3 is 1. The van der Waals surface area contributed by atoms with Gasteiger partial charge in [0.05, 0.1) is 7.11 Å². The van der Waals surface area contributed by atoms with Crippen LogP contribution in [0.5, 0.6) is 5.75 Å². The molecule has 1 aromatic heterocycles. The Morgan fingerprint density at radius 3 is 2.52 bits per heavy atom. The van der Waals surface area contributed by atoms with Crippen LogP contribution in [0.4, 0.5) is 5.82 Å². The molecule has 122 valence electrons. The minimum absolute atomic E-state index is 0.127. The number of benzene rings is 1. The van der Waals surface area contributed by atoms with Crippen molar-refractivity contribution in [3.8, 4) is 5.75 Å². The Balaban J connectivity index is 2.47. The molecule has 0 spiro atoms. The lowest BCUT2D eigenvalue weighted by atomic mass is 10.2. The van der Waals surface area contributed by atoms with Crippen LogP contribution in [0.3, 0.4) is 0 Å². The number of hydrogen-bond acceptors (Lipinski definition) is 5. The summed E-state index contributed by atoms with van der Waals surface area (Å²) < 4.78 is 32.6. The first-order valence-electron chi connectivity index (χ1n) is 6.68. The van der Waals surface area contributed by atoms with Crippen molar-refractivity contribution in [1.82, 2.24) is 9.88 Å². The summed E-state index contributed by atoms with van der Waals surface area (Å²) in [6.45, 7) is 0. The van der Waals surface area contributed by atoms with Crippen molar-refractivity contribution in [3.05, 3.63) is 48.2 Å². The molecule has 0 saturated carbocycles. The van der Waals surface area contributed by atoms with Crippen molar-refractivity contribution in [2.45, 2.75) is 4.90 Å². The molecule has 23 heavy (non-hydrogen) atoms. The second-order valence-corrected chi connectivity index (χ2v) is 6.54. The van der Waals surface area contributed by atoms with Gasteiger partial charge in [-0.3, -0.25) is 9.52 Å². The van der Waals surface area contributed by atoms with E-state index >= 15 is 0 Å². The van der Waals surface area contributed by atoms with E-state index in [0.29, 0.717) is 0 Å². The number of nitrogens with zero attached hydrogens (tertiary/aromatic N) is 2. The first-order chi connectivity index (χ1) is 10.8. The van der Waals surface area contributed by atoms with Crippen molar-refractivity contribution in [2.24, 2.45) is 0 Å². The summed E-state index contributed by atoms with van der Waals surface area (Å²) in [4.78, 5) is 17.2. The number of sulfonamides is 1. The topological polar surface area (TPSA) is 88.6 Å². The molecular weight excluding hydrogens is 318 g/mol. The maximum Gasteiger partial charge on any atom is 0.266 e. The summed E-state index contributed by atoms with van der Waals surface area (Å²) in [6, 6.07) is 9.11. The van der Waals surface area contributed by atoms with Crippen molar-refractivity contribution >= 4 is 21.7 Å². The largest absolute Gasteiger partial charge is 0.495 e. The Morgan fingerprint density at radius 1 is 1.22 bits per heavy atom. The maximum atomic E-state index is 12.6. The van der Waals surface area contributed by atoms with Gasteiger partial charge in [0.2, 0.25) is 0 Å². The minimum Gasteiger partial charge on any atom is -0.495 e. The molecule has 0 fully saturated rings. The van der Waals surface area contributed by atoms with Gasteiger partial charge in [-0.25, -0.2) is 13.4 Å². The lowest BCUT2D eigenvalue weighted by Gasteiger charge is -2.14. The summed E-state index contributed by atoms with van der Waals surface area (Å²) in [5, 5.41) is 0. The Labute approximate surface area is 135 Å². The molecular formula is C15H17N3O4S. The molecule has 0 bridgehead atoms. The fraction of sp³-hybridized carbons (Fsp3) is 0.200. The smallest absolute Gasteiger partial charge is 0.266 e. The first kappa shape index (κ1) is 16.8. The Bertz CT molecular complexity index is 805. The van der Waals surface area contributed by atoms with Crippen molar-refractivity contribution < 1.29 is 17.9 Å². The molecule has 0 radical (unpaired) electrons. The molecule has 2 rings (SSSR count). The zero-order chi connectivity index (χ0) is 17.0. The average molecular weight is 335 g/mol. The highest BCUT2D eigenvalue weighted by Gasteiger charge is 2.22. The number of amides is 1. The number of ether oxygens (including phenoxy) is 1. The number of carbonyl (C=O) groups is 1. The minimum atomic E-state index is -3.95. The second-order valence-electron chi connectivity index (χ2n) is 4.89. The van der Waals surface area contributed by atoms with Crippen LogP contribution in [-0.2, 0) is 10.0 Å². The standard InChI is InChI=1S/C15H17N3O4S/c1-18(2)15(19)11-7-8-12(22-3)13(10-11)23(20,21)17-14-6-4-5-9-16-14/h4-10H,1-3H3,(H,16,17). The molecule has 0 aliphatic rings. The fourth-order valence-electron chi connectivity index (χ4n) is 1.89. The highest BCUT2D eigenvalue weighted by Crippen LogP contribution is 2.27. The summed E-state index contributed by atoms with van der Waals surface area (Å²) in [5.74, 6) is 0.0181. The van der Waals surface area contributed by atoms with Gasteiger partial charge in [0.15, 0.2) is 0 Å². The molecule has 1 amide bonds. The number of nitrogens with one attached hydrogen (secondary N) is 1. The molecule has 0 aliphatic carbocycles. The average Bonchev–Trinajstić information content (AvgIpc) is 2.54. The fourth-order valence-corrected chi connectivity index (χ4v) is 3.10. The number of aromatic nitrogens is 1. The predicted molar refractivity (Wildman–Crippen MR) is 86.1 cm³/mol. The molecule has 0 saturated heterocycles. The maximum absolute atomic E-state index is 12.6. The van der Waals surface area contributed by atoms with Crippen LogP contribution >= 0.6 is 0 Å². The van der Waals surface area contributed by atoms with E-state index in [1.807, 2.05) is 0 Å². The third-order valence-electron chi connectivity index (χ3n) is 3.01. The zero-order valence-electron chi connectivity index (χ0n) is 13.0. The zero-order valence-corrected chi connectivity index (χ0v) is 13.8. The van der Waals surface area contributed by atoms with Gasteiger partial charge < -0.3 is 9.64 Å². The van der Waals surface area contributed by atoms with Crippen molar-refractivity contribution in [3.63, 3.8) is 0 Å². The number of pyridine rings is 1. The van der Waals surface area contributed by atoms with E-state index in [-0.39, 0.29) is 27.9 Å². The molecule has 1 N–H and O–H groups in total. The van der Waals surface area contributed by atoms with E-state index in [4.69, 9.17) is 4.74 Å². The molecule has 1 heterocycles. The van der Waals surface area contributed by atoms with Crippen LogP contribution in [0, 0.1) is 0 Å². The lowest BCUT2D eigenvalue weighted by molar-refractivity contribution is 0.0827. The van der Waals surface area contributed by atoms with E-state index in [1.165, 1.54) is 42.5 Å². The van der Waals surface area contributed by atoms with Crippen molar-refractivity contribution in [1.29, 1.82) is 0 Å². The molecule has 7 nitrogen and oxygen atoms in total. The van der Waals surface area contributed by atoms with Crippen LogP contribution < -0.4 is 9.46 Å². The highest BCUT2D eigenvalue weighted by atomic mass is 32.2. The molecule has 0 atom stereocenters. The molecule has 1 aromatic carbocycles. The van der Waals surface area contributed by atoms with E-state index in [9.17, 15) is 13.2 Å². The van der Waals surface area contributed by atoms with Crippen LogP contribution in [0.1, 0.15) is 10.4 Å². The van der Waals surface area contributed by atoms with Gasteiger partial charge in [0.1, 0.15) is 16.5 Å². The first-order valence-corrected chi connectivity index (χ1v) is 8.17. The van der Waals surface area contributed by atoms with Crippen LogP contribution in [0.15, 0.2) is 47.5 Å². The summed E-state index contributed by atoms with van der Waals surface area (Å²) in [7, 11) is 0.598. The van der Waals surface area contributed by atoms with Gasteiger partial charge in [0.25, 0.3) is 15.9 Å². The van der Waals surface area contributed by atoms with E-state index in [0.717, 1.165) is 0 Å². The summed E-state index contributed by atoms with van der Waals surface area (Å²) in [5.41, 5.74) is 0.247. The summed E-state index contributed by atoms with van der Waals surface area (Å²) >= 11 is 0. The SMILES string of the molecule is COc1ccc(C(=O)N(C)C)cc1S(=O)(=O)Nc1ccccn1. The summed E-state index contributed by atoms with van der Waals surface area (Å²) in [6.07, 6.45) is 1.47. The lowest BCUT2D eigenvalue weighted by Crippen LogP contribution is -2.22. The Hall–Kier alpha value is -2.61. The second kappa shape index (κ2) is 6.66. The Morgan fingerprint density at radius 2 is 1.96 bits per heavy atom. The van der Waals surface area contributed by atoms with E-state index in [2.05, 4.69) is 9.71 Å². The highest BCUT2D eigenvalue weighted by molar-refractivity contribution is 7.92. The molecule has 8 heteroatoms. The Kier molecular flexibility index (Phi) is 4.85. The van der Waals surface area contributed by atoms with Gasteiger partial charge in [-0.2, -0.15) is 0 Å². The quantitative estimate of drug-likeness (QED) is 0.896. The van der Waals surface area contributed by atoms with Crippen LogP contribution in [0.25, 0.3) is 0 Å². The van der Waals surface area contributed by atoms with Gasteiger partial charge in [-0.05, 0) is 30.3 Å².